The van der Waals surface area contributed by atoms with E-state index in [-0.39, 0.29) is 6.10 Å². The van der Waals surface area contributed by atoms with Crippen LogP contribution in [-0.2, 0) is 0 Å². The molecule has 1 heterocycles. The van der Waals surface area contributed by atoms with Gasteiger partial charge < -0.3 is 21.5 Å². The van der Waals surface area contributed by atoms with E-state index in [1.165, 1.54) is 30.6 Å². The minimum absolute atomic E-state index is 0.00493. The van der Waals surface area contributed by atoms with Crippen LogP contribution in [0, 0.1) is 11.8 Å². The molecule has 1 saturated carbocycles. The summed E-state index contributed by atoms with van der Waals surface area (Å²) in [5, 5.41) is 4.22. The number of thiophene rings is 1. The standard InChI is InChI=1S/C15H25N3O2S/c1-8(2)20-12-11(16)13(14(17)19)21-15(12)18-7-10-5-4-9(3)6-10/h8-10,18H,4-7,16H2,1-3H3,(H2,17,19). The normalized spacial score (nSPS) is 21.7. The Kier molecular flexibility index (Phi) is 4.98. The number of rotatable bonds is 6. The van der Waals surface area contributed by atoms with Gasteiger partial charge in [-0.25, -0.2) is 0 Å². The molecule has 0 radical (unpaired) electrons. The molecule has 2 rings (SSSR count). The van der Waals surface area contributed by atoms with Gasteiger partial charge in [-0.3, -0.25) is 4.79 Å². The van der Waals surface area contributed by atoms with Crippen LogP contribution in [0.15, 0.2) is 0 Å². The molecule has 6 heteroatoms. The van der Waals surface area contributed by atoms with Crippen LogP contribution >= 0.6 is 11.3 Å². The van der Waals surface area contributed by atoms with E-state index in [1.54, 1.807) is 0 Å². The molecular formula is C15H25N3O2S. The summed E-state index contributed by atoms with van der Waals surface area (Å²) in [5.74, 6) is 1.54. The summed E-state index contributed by atoms with van der Waals surface area (Å²) >= 11 is 1.28. The van der Waals surface area contributed by atoms with E-state index in [2.05, 4.69) is 12.2 Å². The first kappa shape index (κ1) is 15.9. The molecule has 1 amide bonds. The molecule has 2 unspecified atom stereocenters. The van der Waals surface area contributed by atoms with Crippen molar-refractivity contribution in [3.63, 3.8) is 0 Å². The van der Waals surface area contributed by atoms with Crippen molar-refractivity contribution in [1.29, 1.82) is 0 Å². The quantitative estimate of drug-likeness (QED) is 0.753. The molecule has 1 aliphatic carbocycles. The number of carbonyl (C=O) groups excluding carboxylic acids is 1. The van der Waals surface area contributed by atoms with Crippen LogP contribution in [0.4, 0.5) is 10.7 Å². The lowest BCUT2D eigenvalue weighted by Crippen LogP contribution is -2.13. The van der Waals surface area contributed by atoms with Gasteiger partial charge in [0.1, 0.15) is 15.6 Å². The topological polar surface area (TPSA) is 90.4 Å². The third-order valence-electron chi connectivity index (χ3n) is 3.83. The second-order valence-corrected chi connectivity index (χ2v) is 7.22. The summed E-state index contributed by atoms with van der Waals surface area (Å²) in [6.45, 7) is 7.05. The Bertz CT molecular complexity index is 513. The number of ether oxygens (including phenoxy) is 1. The highest BCUT2D eigenvalue weighted by Crippen LogP contribution is 2.43. The molecule has 0 aliphatic heterocycles. The molecule has 5 N–H and O–H groups in total. The van der Waals surface area contributed by atoms with Crippen molar-refractivity contribution in [3.8, 4) is 5.75 Å². The van der Waals surface area contributed by atoms with Crippen LogP contribution in [0.3, 0.4) is 0 Å². The summed E-state index contributed by atoms with van der Waals surface area (Å²) in [4.78, 5) is 11.8. The van der Waals surface area contributed by atoms with Crippen LogP contribution in [0.25, 0.3) is 0 Å². The van der Waals surface area contributed by atoms with E-state index in [1.807, 2.05) is 13.8 Å². The van der Waals surface area contributed by atoms with Gasteiger partial charge in [0.25, 0.3) is 5.91 Å². The Labute approximate surface area is 130 Å². The SMILES string of the molecule is CC1CCC(CNc2sc(C(N)=O)c(N)c2OC(C)C)C1. The predicted octanol–water partition coefficient (Wildman–Crippen LogP) is 3.06. The maximum atomic E-state index is 11.4. The van der Waals surface area contributed by atoms with Crippen LogP contribution in [0.5, 0.6) is 5.75 Å². The molecule has 0 spiro atoms. The Morgan fingerprint density at radius 2 is 2.19 bits per heavy atom. The van der Waals surface area contributed by atoms with Gasteiger partial charge in [0.2, 0.25) is 0 Å². The highest BCUT2D eigenvalue weighted by molar-refractivity contribution is 7.19. The Morgan fingerprint density at radius 3 is 2.71 bits per heavy atom. The molecule has 1 fully saturated rings. The zero-order valence-corrected chi connectivity index (χ0v) is 13.8. The van der Waals surface area contributed by atoms with Crippen molar-refractivity contribution < 1.29 is 9.53 Å². The number of nitrogen functional groups attached to an aromatic ring is 1. The number of primary amides is 1. The van der Waals surface area contributed by atoms with Gasteiger partial charge in [0.05, 0.1) is 6.10 Å². The number of amides is 1. The minimum Gasteiger partial charge on any atom is -0.486 e. The molecular weight excluding hydrogens is 286 g/mol. The number of nitrogens with one attached hydrogen (secondary N) is 1. The number of hydrogen-bond acceptors (Lipinski definition) is 5. The summed E-state index contributed by atoms with van der Waals surface area (Å²) in [7, 11) is 0. The Morgan fingerprint density at radius 1 is 1.48 bits per heavy atom. The maximum absolute atomic E-state index is 11.4. The van der Waals surface area contributed by atoms with Gasteiger partial charge in [0.15, 0.2) is 5.75 Å². The van der Waals surface area contributed by atoms with E-state index in [9.17, 15) is 4.79 Å². The molecule has 1 aromatic heterocycles. The van der Waals surface area contributed by atoms with Gasteiger partial charge in [-0.15, -0.1) is 11.3 Å². The monoisotopic (exact) mass is 311 g/mol. The van der Waals surface area contributed by atoms with Gasteiger partial charge >= 0.3 is 0 Å². The fourth-order valence-electron chi connectivity index (χ4n) is 2.83. The predicted molar refractivity (Wildman–Crippen MR) is 88.0 cm³/mol. The molecule has 1 aromatic rings. The maximum Gasteiger partial charge on any atom is 0.261 e. The highest BCUT2D eigenvalue weighted by atomic mass is 32.1. The zero-order chi connectivity index (χ0) is 15.6. The molecule has 21 heavy (non-hydrogen) atoms. The second-order valence-electron chi connectivity index (χ2n) is 6.20. The average Bonchev–Trinajstić information content (AvgIpc) is 2.93. The summed E-state index contributed by atoms with van der Waals surface area (Å²) in [5.41, 5.74) is 11.7. The van der Waals surface area contributed by atoms with Crippen LogP contribution in [-0.4, -0.2) is 18.6 Å². The first-order valence-corrected chi connectivity index (χ1v) is 8.32. The molecule has 2 atom stereocenters. The van der Waals surface area contributed by atoms with Crippen LogP contribution in [0.2, 0.25) is 0 Å². The lowest BCUT2D eigenvalue weighted by Gasteiger charge is -2.15. The molecule has 0 aromatic carbocycles. The average molecular weight is 311 g/mol. The molecule has 0 bridgehead atoms. The molecule has 1 aliphatic rings. The third-order valence-corrected chi connectivity index (χ3v) is 4.99. The number of anilines is 2. The lowest BCUT2D eigenvalue weighted by molar-refractivity contribution is 0.100. The number of nitrogens with two attached hydrogens (primary N) is 2. The second kappa shape index (κ2) is 6.56. The van der Waals surface area contributed by atoms with Crippen molar-refractivity contribution in [2.45, 2.75) is 46.1 Å². The van der Waals surface area contributed by atoms with Crippen molar-refractivity contribution in [1.82, 2.24) is 0 Å². The molecule has 0 saturated heterocycles. The van der Waals surface area contributed by atoms with Crippen molar-refractivity contribution >= 4 is 27.9 Å². The lowest BCUT2D eigenvalue weighted by atomic mass is 10.1. The van der Waals surface area contributed by atoms with Crippen molar-refractivity contribution in [3.05, 3.63) is 4.88 Å². The smallest absolute Gasteiger partial charge is 0.261 e. The van der Waals surface area contributed by atoms with E-state index in [0.717, 1.165) is 17.5 Å². The number of hydrogen-bond donors (Lipinski definition) is 3. The van der Waals surface area contributed by atoms with Gasteiger partial charge in [-0.2, -0.15) is 0 Å². The summed E-state index contributed by atoms with van der Waals surface area (Å²) in [6, 6.07) is 0. The van der Waals surface area contributed by atoms with E-state index in [4.69, 9.17) is 16.2 Å². The van der Waals surface area contributed by atoms with Gasteiger partial charge in [-0.05, 0) is 38.5 Å². The van der Waals surface area contributed by atoms with Crippen LogP contribution < -0.4 is 21.5 Å². The van der Waals surface area contributed by atoms with Gasteiger partial charge in [0, 0.05) is 6.54 Å². The Balaban J connectivity index is 2.12. The van der Waals surface area contributed by atoms with Gasteiger partial charge in [-0.1, -0.05) is 13.3 Å². The molecule has 5 nitrogen and oxygen atoms in total. The minimum atomic E-state index is -0.506. The Hall–Kier alpha value is -1.43. The van der Waals surface area contributed by atoms with E-state index in [0.29, 0.717) is 22.2 Å². The summed E-state index contributed by atoms with van der Waals surface area (Å²) in [6.07, 6.45) is 3.78. The fraction of sp³-hybridized carbons (Fsp3) is 0.667. The third kappa shape index (κ3) is 3.81. The largest absolute Gasteiger partial charge is 0.486 e. The first-order chi connectivity index (χ1) is 9.88. The number of carbonyl (C=O) groups is 1. The van der Waals surface area contributed by atoms with Crippen LogP contribution in [0.1, 0.15) is 49.7 Å². The molecule has 118 valence electrons. The fourth-order valence-corrected chi connectivity index (χ4v) is 3.74. The zero-order valence-electron chi connectivity index (χ0n) is 12.9. The van der Waals surface area contributed by atoms with E-state index >= 15 is 0 Å². The highest BCUT2D eigenvalue weighted by Gasteiger charge is 2.24. The van der Waals surface area contributed by atoms with Crippen molar-refractivity contribution in [2.75, 3.05) is 17.6 Å². The van der Waals surface area contributed by atoms with E-state index < -0.39 is 5.91 Å². The first-order valence-electron chi connectivity index (χ1n) is 7.51. The summed E-state index contributed by atoms with van der Waals surface area (Å²) < 4.78 is 5.76. The van der Waals surface area contributed by atoms with Crippen molar-refractivity contribution in [2.24, 2.45) is 17.6 Å².